The van der Waals surface area contributed by atoms with Crippen LogP contribution in [0.25, 0.3) is 0 Å². The smallest absolute Gasteiger partial charge is 0.338 e. The van der Waals surface area contributed by atoms with Gasteiger partial charge in [-0.05, 0) is 25.5 Å². The maximum atomic E-state index is 11.5. The normalized spacial score (nSPS) is 9.59. The van der Waals surface area contributed by atoms with Gasteiger partial charge in [-0.3, -0.25) is 4.79 Å². The number of para-hydroxylation sites is 1. The molecule has 0 unspecified atom stereocenters. The molecule has 90 valence electrons. The van der Waals surface area contributed by atoms with E-state index in [1.54, 1.807) is 32.0 Å². The number of carbonyl (C=O) groups is 2. The highest BCUT2D eigenvalue weighted by atomic mass is 16.5. The van der Waals surface area contributed by atoms with E-state index in [1.165, 1.54) is 6.92 Å². The van der Waals surface area contributed by atoms with Crippen molar-refractivity contribution in [2.45, 2.75) is 20.8 Å². The van der Waals surface area contributed by atoms with Crippen LogP contribution in [-0.2, 0) is 9.59 Å². The summed E-state index contributed by atoms with van der Waals surface area (Å²) in [5, 5.41) is 2.61. The summed E-state index contributed by atoms with van der Waals surface area (Å²) in [5.74, 6) is -0.371. The Kier molecular flexibility index (Phi) is 4.04. The molecule has 0 fully saturated rings. The second-order valence-electron chi connectivity index (χ2n) is 3.80. The first-order valence-corrected chi connectivity index (χ1v) is 5.16. The molecule has 1 N–H and O–H groups in total. The van der Waals surface area contributed by atoms with Crippen LogP contribution in [0, 0.1) is 6.92 Å². The number of ether oxygens (including phenoxy) is 1. The largest absolute Gasteiger partial charge is 0.421 e. The van der Waals surface area contributed by atoms with Crippen molar-refractivity contribution in [1.29, 1.82) is 0 Å². The van der Waals surface area contributed by atoms with Crippen molar-refractivity contribution < 1.29 is 14.3 Å². The molecule has 0 spiro atoms. The Balaban J connectivity index is 3.07. The lowest BCUT2D eigenvalue weighted by atomic mass is 10.2. The molecule has 1 amide bonds. The summed E-state index contributed by atoms with van der Waals surface area (Å²) in [5.41, 5.74) is 1.56. The quantitative estimate of drug-likeness (QED) is 0.495. The highest BCUT2D eigenvalue weighted by molar-refractivity contribution is 5.93. The van der Waals surface area contributed by atoms with Gasteiger partial charge < -0.3 is 10.1 Å². The predicted molar refractivity (Wildman–Crippen MR) is 65.9 cm³/mol. The van der Waals surface area contributed by atoms with Gasteiger partial charge in [0.15, 0.2) is 5.75 Å². The number of nitrogens with one attached hydrogen (secondary N) is 1. The van der Waals surface area contributed by atoms with Crippen molar-refractivity contribution in [2.24, 2.45) is 0 Å². The summed E-state index contributed by atoms with van der Waals surface area (Å²) in [6.45, 7) is 8.27. The lowest BCUT2D eigenvalue weighted by molar-refractivity contribution is -0.130. The van der Waals surface area contributed by atoms with E-state index in [0.29, 0.717) is 17.0 Å². The third-order valence-electron chi connectivity index (χ3n) is 2.07. The second-order valence-corrected chi connectivity index (χ2v) is 3.80. The third-order valence-corrected chi connectivity index (χ3v) is 2.07. The van der Waals surface area contributed by atoms with Crippen molar-refractivity contribution in [3.63, 3.8) is 0 Å². The van der Waals surface area contributed by atoms with Gasteiger partial charge in [-0.25, -0.2) is 4.79 Å². The zero-order valence-corrected chi connectivity index (χ0v) is 10.2. The molecular weight excluding hydrogens is 218 g/mol. The van der Waals surface area contributed by atoms with Crippen molar-refractivity contribution in [3.05, 3.63) is 35.9 Å². The molecule has 4 heteroatoms. The first-order chi connectivity index (χ1) is 7.91. The maximum absolute atomic E-state index is 11.5. The molecule has 0 aliphatic carbocycles. The topological polar surface area (TPSA) is 55.4 Å². The third kappa shape index (κ3) is 3.45. The minimum Gasteiger partial charge on any atom is -0.421 e. The molecule has 17 heavy (non-hydrogen) atoms. The highest BCUT2D eigenvalue weighted by Crippen LogP contribution is 2.28. The van der Waals surface area contributed by atoms with Gasteiger partial charge in [0.1, 0.15) is 0 Å². The Labute approximate surface area is 100 Å². The van der Waals surface area contributed by atoms with Crippen molar-refractivity contribution in [3.8, 4) is 5.75 Å². The SMILES string of the molecule is C=C(C)C(=O)Oc1c(C)cccc1NC(C)=O. The first-order valence-electron chi connectivity index (χ1n) is 5.16. The Morgan fingerprint density at radius 1 is 1.29 bits per heavy atom. The van der Waals surface area contributed by atoms with E-state index < -0.39 is 5.97 Å². The van der Waals surface area contributed by atoms with E-state index in [-0.39, 0.29) is 5.91 Å². The van der Waals surface area contributed by atoms with E-state index in [9.17, 15) is 9.59 Å². The minimum atomic E-state index is -0.508. The van der Waals surface area contributed by atoms with Crippen LogP contribution in [0.5, 0.6) is 5.75 Å². The number of amides is 1. The van der Waals surface area contributed by atoms with Crippen LogP contribution in [0.15, 0.2) is 30.4 Å². The van der Waals surface area contributed by atoms with Crippen LogP contribution < -0.4 is 10.1 Å². The zero-order valence-electron chi connectivity index (χ0n) is 10.2. The average molecular weight is 233 g/mol. The summed E-state index contributed by atoms with van der Waals surface area (Å²) in [4.78, 5) is 22.5. The molecule has 0 saturated heterocycles. The Bertz CT molecular complexity index is 478. The lowest BCUT2D eigenvalue weighted by Gasteiger charge is -2.12. The van der Waals surface area contributed by atoms with Crippen LogP contribution in [0.1, 0.15) is 19.4 Å². The Morgan fingerprint density at radius 2 is 1.94 bits per heavy atom. The number of rotatable bonds is 3. The monoisotopic (exact) mass is 233 g/mol. The van der Waals surface area contributed by atoms with Crippen LogP contribution in [-0.4, -0.2) is 11.9 Å². The van der Waals surface area contributed by atoms with Gasteiger partial charge in [-0.2, -0.15) is 0 Å². The molecule has 0 aromatic heterocycles. The molecule has 0 radical (unpaired) electrons. The fourth-order valence-electron chi connectivity index (χ4n) is 1.26. The summed E-state index contributed by atoms with van der Waals surface area (Å²) in [6.07, 6.45) is 0. The predicted octanol–water partition coefficient (Wildman–Crippen LogP) is 2.43. The van der Waals surface area contributed by atoms with Crippen LogP contribution in [0.3, 0.4) is 0 Å². The first kappa shape index (κ1) is 13.0. The number of aryl methyl sites for hydroxylation is 1. The molecule has 1 aromatic rings. The van der Waals surface area contributed by atoms with Gasteiger partial charge >= 0.3 is 5.97 Å². The zero-order chi connectivity index (χ0) is 13.0. The molecular formula is C13H15NO3. The van der Waals surface area contributed by atoms with Crippen LogP contribution >= 0.6 is 0 Å². The summed E-state index contributed by atoms with van der Waals surface area (Å²) < 4.78 is 5.19. The van der Waals surface area contributed by atoms with E-state index in [0.717, 1.165) is 5.56 Å². The summed E-state index contributed by atoms with van der Waals surface area (Å²) in [7, 11) is 0. The minimum absolute atomic E-state index is 0.219. The van der Waals surface area contributed by atoms with Gasteiger partial charge in [0.25, 0.3) is 0 Å². The molecule has 0 saturated carbocycles. The second kappa shape index (κ2) is 5.30. The van der Waals surface area contributed by atoms with Gasteiger partial charge in [0, 0.05) is 12.5 Å². The molecule has 0 aliphatic rings. The molecule has 1 rings (SSSR count). The summed E-state index contributed by atoms with van der Waals surface area (Å²) >= 11 is 0. The number of benzene rings is 1. The number of hydrogen-bond donors (Lipinski definition) is 1. The van der Waals surface area contributed by atoms with E-state index in [4.69, 9.17) is 4.74 Å². The molecule has 0 heterocycles. The number of hydrogen-bond acceptors (Lipinski definition) is 3. The number of carbonyl (C=O) groups excluding carboxylic acids is 2. The van der Waals surface area contributed by atoms with E-state index >= 15 is 0 Å². The fourth-order valence-corrected chi connectivity index (χ4v) is 1.26. The van der Waals surface area contributed by atoms with Crippen LogP contribution in [0.2, 0.25) is 0 Å². The molecule has 0 aliphatic heterocycles. The molecule has 4 nitrogen and oxygen atoms in total. The molecule has 0 bridgehead atoms. The Morgan fingerprint density at radius 3 is 2.47 bits per heavy atom. The van der Waals surface area contributed by atoms with E-state index in [2.05, 4.69) is 11.9 Å². The lowest BCUT2D eigenvalue weighted by Crippen LogP contribution is -2.13. The van der Waals surface area contributed by atoms with Gasteiger partial charge in [0.2, 0.25) is 5.91 Å². The average Bonchev–Trinajstić information content (AvgIpc) is 2.22. The van der Waals surface area contributed by atoms with Crippen molar-refractivity contribution in [2.75, 3.05) is 5.32 Å². The van der Waals surface area contributed by atoms with Gasteiger partial charge in [0.05, 0.1) is 5.69 Å². The molecule has 1 aromatic carbocycles. The van der Waals surface area contributed by atoms with Gasteiger partial charge in [-0.1, -0.05) is 18.7 Å². The molecule has 0 atom stereocenters. The van der Waals surface area contributed by atoms with Crippen molar-refractivity contribution in [1.82, 2.24) is 0 Å². The van der Waals surface area contributed by atoms with E-state index in [1.807, 2.05) is 0 Å². The summed E-state index contributed by atoms with van der Waals surface area (Å²) in [6, 6.07) is 5.25. The maximum Gasteiger partial charge on any atom is 0.338 e. The Hall–Kier alpha value is -2.10. The number of anilines is 1. The van der Waals surface area contributed by atoms with Gasteiger partial charge in [-0.15, -0.1) is 0 Å². The van der Waals surface area contributed by atoms with Crippen molar-refractivity contribution >= 4 is 17.6 Å². The fraction of sp³-hybridized carbons (Fsp3) is 0.231. The van der Waals surface area contributed by atoms with Crippen LogP contribution in [0.4, 0.5) is 5.69 Å². The number of esters is 1. The standard InChI is InChI=1S/C13H15NO3/c1-8(2)13(16)17-12-9(3)6-5-7-11(12)14-10(4)15/h5-7H,1H2,2-4H3,(H,14,15). The highest BCUT2D eigenvalue weighted by Gasteiger charge is 2.13.